The van der Waals surface area contributed by atoms with Gasteiger partial charge in [-0.1, -0.05) is 63.2 Å². The minimum atomic E-state index is -0.989. The van der Waals surface area contributed by atoms with Gasteiger partial charge in [-0.15, -0.1) is 0 Å². The van der Waals surface area contributed by atoms with E-state index in [1.807, 2.05) is 42.5 Å². The van der Waals surface area contributed by atoms with E-state index in [9.17, 15) is 9.59 Å². The van der Waals surface area contributed by atoms with Gasteiger partial charge < -0.3 is 10.4 Å². The van der Waals surface area contributed by atoms with E-state index in [2.05, 4.69) is 37.1 Å². The van der Waals surface area contributed by atoms with Crippen LogP contribution in [-0.2, 0) is 5.41 Å². The summed E-state index contributed by atoms with van der Waals surface area (Å²) in [6, 6.07) is 24.0. The molecule has 4 aromatic rings. The van der Waals surface area contributed by atoms with Crippen molar-refractivity contribution in [2.75, 3.05) is 5.32 Å². The maximum atomic E-state index is 13.3. The molecule has 1 aromatic heterocycles. The second-order valence-corrected chi connectivity index (χ2v) is 8.74. The van der Waals surface area contributed by atoms with Crippen molar-refractivity contribution in [2.24, 2.45) is 0 Å². The summed E-state index contributed by atoms with van der Waals surface area (Å²) in [5, 5.41) is 12.8. The Morgan fingerprint density at radius 1 is 0.875 bits per heavy atom. The zero-order valence-electron chi connectivity index (χ0n) is 18.2. The van der Waals surface area contributed by atoms with Gasteiger partial charge in [0.05, 0.1) is 11.1 Å². The van der Waals surface area contributed by atoms with Crippen LogP contribution in [0.4, 0.5) is 5.82 Å². The number of nitrogens with one attached hydrogen (secondary N) is 1. The number of aromatic carboxylic acids is 1. The predicted molar refractivity (Wildman–Crippen MR) is 127 cm³/mol. The molecule has 1 heterocycles. The Morgan fingerprint density at radius 2 is 1.62 bits per heavy atom. The number of amides is 1. The minimum absolute atomic E-state index is 0.104. The number of carbonyl (C=O) groups excluding carboxylic acids is 1. The Kier molecular flexibility index (Phi) is 5.49. The van der Waals surface area contributed by atoms with Gasteiger partial charge in [-0.05, 0) is 58.5 Å². The molecule has 4 rings (SSSR count). The number of carboxylic acids is 1. The molecule has 0 radical (unpaired) electrons. The molecule has 5 heteroatoms. The molecule has 32 heavy (non-hydrogen) atoms. The molecule has 0 atom stereocenters. The van der Waals surface area contributed by atoms with Gasteiger partial charge in [0.25, 0.3) is 5.91 Å². The van der Waals surface area contributed by atoms with Gasteiger partial charge >= 0.3 is 5.97 Å². The standard InChI is InChI=1S/C27H24N2O3/c1-27(2,3)20-11-12-21(17-7-5-4-6-8-17)22(16-20)25(30)29-24-14-10-18-15-19(26(31)32)9-13-23(18)28-24/h4-16H,1-3H3,(H,31,32)(H,28,29,30). The number of pyridine rings is 1. The van der Waals surface area contributed by atoms with Gasteiger partial charge in [0, 0.05) is 10.9 Å². The molecule has 0 spiro atoms. The van der Waals surface area contributed by atoms with Crippen molar-refractivity contribution in [1.82, 2.24) is 4.98 Å². The maximum Gasteiger partial charge on any atom is 0.335 e. The van der Waals surface area contributed by atoms with Gasteiger partial charge in [0.2, 0.25) is 0 Å². The fourth-order valence-corrected chi connectivity index (χ4v) is 3.58. The highest BCUT2D eigenvalue weighted by Gasteiger charge is 2.20. The molecule has 0 aliphatic carbocycles. The molecular formula is C27H24N2O3. The maximum absolute atomic E-state index is 13.3. The fourth-order valence-electron chi connectivity index (χ4n) is 3.58. The van der Waals surface area contributed by atoms with Crippen molar-refractivity contribution in [3.8, 4) is 11.1 Å². The number of rotatable bonds is 4. The number of nitrogens with zero attached hydrogens (tertiary/aromatic N) is 1. The summed E-state index contributed by atoms with van der Waals surface area (Å²) in [6.07, 6.45) is 0. The van der Waals surface area contributed by atoms with Crippen LogP contribution in [0.25, 0.3) is 22.0 Å². The zero-order chi connectivity index (χ0) is 22.9. The first-order valence-electron chi connectivity index (χ1n) is 10.4. The minimum Gasteiger partial charge on any atom is -0.478 e. The van der Waals surface area contributed by atoms with Crippen LogP contribution in [0.5, 0.6) is 0 Å². The first-order chi connectivity index (χ1) is 15.2. The summed E-state index contributed by atoms with van der Waals surface area (Å²) >= 11 is 0. The number of benzene rings is 3. The Labute approximate surface area is 186 Å². The lowest BCUT2D eigenvalue weighted by molar-refractivity contribution is 0.0697. The quantitative estimate of drug-likeness (QED) is 0.412. The number of aromatic nitrogens is 1. The normalized spacial score (nSPS) is 11.3. The summed E-state index contributed by atoms with van der Waals surface area (Å²) in [5.74, 6) is -0.828. The van der Waals surface area contributed by atoms with Crippen molar-refractivity contribution in [3.05, 3.63) is 95.6 Å². The van der Waals surface area contributed by atoms with Gasteiger partial charge in [-0.25, -0.2) is 9.78 Å². The lowest BCUT2D eigenvalue weighted by atomic mass is 9.84. The first kappa shape index (κ1) is 21.2. The van der Waals surface area contributed by atoms with E-state index in [1.165, 1.54) is 6.07 Å². The average Bonchev–Trinajstić information content (AvgIpc) is 2.78. The molecule has 160 valence electrons. The number of hydrogen-bond acceptors (Lipinski definition) is 3. The molecule has 1 amide bonds. The van der Waals surface area contributed by atoms with Gasteiger partial charge in [-0.3, -0.25) is 4.79 Å². The van der Waals surface area contributed by atoms with Crippen LogP contribution >= 0.6 is 0 Å². The number of hydrogen-bond donors (Lipinski definition) is 2. The topological polar surface area (TPSA) is 79.3 Å². The third-order valence-electron chi connectivity index (χ3n) is 5.39. The number of carboxylic acid groups (broad SMARTS) is 1. The summed E-state index contributed by atoms with van der Waals surface area (Å²) in [6.45, 7) is 6.34. The van der Waals surface area contributed by atoms with Crippen LogP contribution in [0.1, 0.15) is 47.1 Å². The smallest absolute Gasteiger partial charge is 0.335 e. The highest BCUT2D eigenvalue weighted by molar-refractivity contribution is 6.09. The summed E-state index contributed by atoms with van der Waals surface area (Å²) < 4.78 is 0. The Balaban J connectivity index is 1.72. The van der Waals surface area contributed by atoms with E-state index in [0.29, 0.717) is 22.3 Å². The molecule has 0 aliphatic heterocycles. The lowest BCUT2D eigenvalue weighted by Crippen LogP contribution is -2.17. The summed E-state index contributed by atoms with van der Waals surface area (Å²) in [4.78, 5) is 29.0. The van der Waals surface area contributed by atoms with Crippen LogP contribution < -0.4 is 5.32 Å². The van der Waals surface area contributed by atoms with E-state index in [-0.39, 0.29) is 16.9 Å². The van der Waals surface area contributed by atoms with E-state index in [4.69, 9.17) is 5.11 Å². The third-order valence-corrected chi connectivity index (χ3v) is 5.39. The van der Waals surface area contributed by atoms with Crippen molar-refractivity contribution in [1.29, 1.82) is 0 Å². The van der Waals surface area contributed by atoms with Crippen molar-refractivity contribution in [2.45, 2.75) is 26.2 Å². The van der Waals surface area contributed by atoms with Crippen molar-refractivity contribution in [3.63, 3.8) is 0 Å². The monoisotopic (exact) mass is 424 g/mol. The molecule has 2 N–H and O–H groups in total. The molecule has 0 saturated carbocycles. The second kappa shape index (κ2) is 8.27. The number of anilines is 1. The third kappa shape index (κ3) is 4.37. The predicted octanol–water partition coefficient (Wildman–Crippen LogP) is 6.15. The molecule has 0 bridgehead atoms. The average molecular weight is 425 g/mol. The highest BCUT2D eigenvalue weighted by atomic mass is 16.4. The molecular weight excluding hydrogens is 400 g/mol. The Hall–Kier alpha value is -3.99. The zero-order valence-corrected chi connectivity index (χ0v) is 18.2. The van der Waals surface area contributed by atoms with E-state index in [1.54, 1.807) is 24.3 Å². The second-order valence-electron chi connectivity index (χ2n) is 8.74. The van der Waals surface area contributed by atoms with Gasteiger partial charge in [0.15, 0.2) is 0 Å². The van der Waals surface area contributed by atoms with E-state index in [0.717, 1.165) is 16.7 Å². The van der Waals surface area contributed by atoms with Crippen LogP contribution in [0.3, 0.4) is 0 Å². The van der Waals surface area contributed by atoms with E-state index < -0.39 is 5.97 Å². The number of carbonyl (C=O) groups is 2. The molecule has 0 unspecified atom stereocenters. The van der Waals surface area contributed by atoms with Crippen LogP contribution in [0.2, 0.25) is 0 Å². The van der Waals surface area contributed by atoms with Crippen molar-refractivity contribution >= 4 is 28.6 Å². The van der Waals surface area contributed by atoms with Gasteiger partial charge in [-0.2, -0.15) is 0 Å². The SMILES string of the molecule is CC(C)(C)c1ccc(-c2ccccc2)c(C(=O)Nc2ccc3cc(C(=O)O)ccc3n2)c1. The summed E-state index contributed by atoms with van der Waals surface area (Å²) in [5.41, 5.74) is 4.16. The first-order valence-corrected chi connectivity index (χ1v) is 10.4. The largest absolute Gasteiger partial charge is 0.478 e. The summed E-state index contributed by atoms with van der Waals surface area (Å²) in [7, 11) is 0. The van der Waals surface area contributed by atoms with Crippen LogP contribution in [0.15, 0.2) is 78.9 Å². The number of fused-ring (bicyclic) bond motifs is 1. The highest BCUT2D eigenvalue weighted by Crippen LogP contribution is 2.30. The molecule has 0 saturated heterocycles. The molecule has 3 aromatic carbocycles. The Bertz CT molecular complexity index is 1320. The Morgan fingerprint density at radius 3 is 2.31 bits per heavy atom. The fraction of sp³-hybridized carbons (Fsp3) is 0.148. The van der Waals surface area contributed by atoms with Crippen LogP contribution in [0, 0.1) is 0 Å². The van der Waals surface area contributed by atoms with Crippen molar-refractivity contribution < 1.29 is 14.7 Å². The molecule has 0 aliphatic rings. The molecule has 0 fully saturated rings. The molecule has 5 nitrogen and oxygen atoms in total. The van der Waals surface area contributed by atoms with Gasteiger partial charge in [0.1, 0.15) is 5.82 Å². The van der Waals surface area contributed by atoms with Crippen LogP contribution in [-0.4, -0.2) is 22.0 Å². The lowest BCUT2D eigenvalue weighted by Gasteiger charge is -2.21. The van der Waals surface area contributed by atoms with E-state index >= 15 is 0 Å².